The number of carbonyl (C=O) groups excluding carboxylic acids is 2. The van der Waals surface area contributed by atoms with E-state index in [1.807, 2.05) is 27.7 Å². The predicted octanol–water partition coefficient (Wildman–Crippen LogP) is 2.18. The van der Waals surface area contributed by atoms with E-state index in [-0.39, 0.29) is 38.0 Å². The first-order chi connectivity index (χ1) is 8.91. The van der Waals surface area contributed by atoms with E-state index in [2.05, 4.69) is 0 Å². The molecule has 5 nitrogen and oxygen atoms in total. The van der Waals surface area contributed by atoms with Gasteiger partial charge in [-0.05, 0) is 11.8 Å². The second-order valence-corrected chi connectivity index (χ2v) is 5.27. The summed E-state index contributed by atoms with van der Waals surface area (Å²) in [5, 5.41) is 0. The Labute approximate surface area is 115 Å². The number of esters is 2. The van der Waals surface area contributed by atoms with Crippen LogP contribution in [0.15, 0.2) is 0 Å². The Morgan fingerprint density at radius 1 is 0.789 bits per heavy atom. The highest BCUT2D eigenvalue weighted by Gasteiger charge is 2.06. The summed E-state index contributed by atoms with van der Waals surface area (Å²) in [7, 11) is 0. The molecule has 0 saturated carbocycles. The van der Waals surface area contributed by atoms with Gasteiger partial charge in [-0.15, -0.1) is 0 Å². The Hall–Kier alpha value is -1.10. The van der Waals surface area contributed by atoms with E-state index in [0.29, 0.717) is 25.0 Å². The zero-order valence-electron chi connectivity index (χ0n) is 12.4. The largest absolute Gasteiger partial charge is 0.465 e. The van der Waals surface area contributed by atoms with Crippen LogP contribution >= 0.6 is 0 Å². The number of hydrogen-bond donors (Lipinski definition) is 0. The van der Waals surface area contributed by atoms with Gasteiger partial charge in [0.2, 0.25) is 0 Å². The minimum atomic E-state index is -0.268. The second-order valence-electron chi connectivity index (χ2n) is 5.27. The summed E-state index contributed by atoms with van der Waals surface area (Å²) in [6, 6.07) is 0. The lowest BCUT2D eigenvalue weighted by molar-refractivity contribution is -0.146. The van der Waals surface area contributed by atoms with Gasteiger partial charge in [-0.25, -0.2) is 0 Å². The van der Waals surface area contributed by atoms with E-state index in [9.17, 15) is 9.59 Å². The molecule has 0 N–H and O–H groups in total. The van der Waals surface area contributed by atoms with E-state index in [0.717, 1.165) is 0 Å². The summed E-state index contributed by atoms with van der Waals surface area (Å²) >= 11 is 0. The molecule has 0 spiro atoms. The fourth-order valence-corrected chi connectivity index (χ4v) is 1.08. The minimum absolute atomic E-state index is 0.216. The van der Waals surface area contributed by atoms with Crippen molar-refractivity contribution in [1.82, 2.24) is 0 Å². The zero-order chi connectivity index (χ0) is 14.7. The maximum absolute atomic E-state index is 11.2. The molecular weight excluding hydrogens is 248 g/mol. The van der Waals surface area contributed by atoms with Gasteiger partial charge in [0.05, 0.1) is 39.3 Å². The molecule has 0 aromatic heterocycles. The summed E-state index contributed by atoms with van der Waals surface area (Å²) < 4.78 is 15.2. The Morgan fingerprint density at radius 3 is 1.47 bits per heavy atom. The second kappa shape index (κ2) is 10.8. The molecule has 5 heteroatoms. The number of ether oxygens (including phenoxy) is 3. The van der Waals surface area contributed by atoms with Crippen LogP contribution in [0.25, 0.3) is 0 Å². The Balaban J connectivity index is 3.39. The minimum Gasteiger partial charge on any atom is -0.465 e. The van der Waals surface area contributed by atoms with E-state index in [4.69, 9.17) is 14.2 Å². The maximum Gasteiger partial charge on any atom is 0.308 e. The lowest BCUT2D eigenvalue weighted by atomic mass is 10.2. The smallest absolute Gasteiger partial charge is 0.308 e. The maximum atomic E-state index is 11.2. The van der Waals surface area contributed by atoms with Crippen LogP contribution in [0.4, 0.5) is 0 Å². The van der Waals surface area contributed by atoms with Gasteiger partial charge in [-0.1, -0.05) is 27.7 Å². The number of hydrogen-bond acceptors (Lipinski definition) is 5. The molecule has 0 saturated heterocycles. The normalized spacial score (nSPS) is 10.8. The number of carbonyl (C=O) groups is 2. The fourth-order valence-electron chi connectivity index (χ4n) is 1.08. The first-order valence-electron chi connectivity index (χ1n) is 6.80. The molecular formula is C14H26O5. The molecule has 0 heterocycles. The highest BCUT2D eigenvalue weighted by molar-refractivity contribution is 5.70. The Kier molecular flexibility index (Phi) is 10.2. The molecule has 0 aliphatic heterocycles. The standard InChI is InChI=1S/C14H26O5/c1-11(2)9-18-13(15)5-7-17-8-6-14(16)19-10-12(3)4/h11-12H,5-10H2,1-4H3. The van der Waals surface area contributed by atoms with E-state index in [1.54, 1.807) is 0 Å². The molecule has 0 radical (unpaired) electrons. The first-order valence-corrected chi connectivity index (χ1v) is 6.80. The summed E-state index contributed by atoms with van der Waals surface area (Å²) in [6.45, 7) is 9.32. The lowest BCUT2D eigenvalue weighted by Gasteiger charge is -2.08. The van der Waals surface area contributed by atoms with Crippen LogP contribution in [0.5, 0.6) is 0 Å². The van der Waals surface area contributed by atoms with Crippen LogP contribution in [-0.4, -0.2) is 38.4 Å². The summed E-state index contributed by atoms with van der Waals surface area (Å²) in [5.41, 5.74) is 0. The van der Waals surface area contributed by atoms with Crippen molar-refractivity contribution < 1.29 is 23.8 Å². The summed E-state index contributed by atoms with van der Waals surface area (Å²) in [6.07, 6.45) is 0.432. The molecule has 0 rings (SSSR count). The molecule has 0 amide bonds. The third-order valence-electron chi connectivity index (χ3n) is 2.06. The van der Waals surface area contributed by atoms with Crippen molar-refractivity contribution in [3.05, 3.63) is 0 Å². The quantitative estimate of drug-likeness (QED) is 0.451. The monoisotopic (exact) mass is 274 g/mol. The van der Waals surface area contributed by atoms with Crippen molar-refractivity contribution in [3.8, 4) is 0 Å². The third kappa shape index (κ3) is 13.1. The Bertz CT molecular complexity index is 235. The Morgan fingerprint density at radius 2 is 1.16 bits per heavy atom. The third-order valence-corrected chi connectivity index (χ3v) is 2.06. The molecule has 112 valence electrons. The van der Waals surface area contributed by atoms with Crippen LogP contribution in [0, 0.1) is 11.8 Å². The molecule has 0 aliphatic carbocycles. The van der Waals surface area contributed by atoms with Gasteiger partial charge in [0.1, 0.15) is 0 Å². The fraction of sp³-hybridized carbons (Fsp3) is 0.857. The van der Waals surface area contributed by atoms with Crippen molar-refractivity contribution in [3.63, 3.8) is 0 Å². The van der Waals surface area contributed by atoms with Gasteiger partial charge >= 0.3 is 11.9 Å². The van der Waals surface area contributed by atoms with Crippen LogP contribution in [-0.2, 0) is 23.8 Å². The van der Waals surface area contributed by atoms with Crippen LogP contribution in [0.2, 0.25) is 0 Å². The molecule has 0 unspecified atom stereocenters. The average Bonchev–Trinajstić information content (AvgIpc) is 2.33. The van der Waals surface area contributed by atoms with E-state index < -0.39 is 0 Å². The van der Waals surface area contributed by atoms with E-state index >= 15 is 0 Å². The van der Waals surface area contributed by atoms with Crippen molar-refractivity contribution >= 4 is 11.9 Å². The van der Waals surface area contributed by atoms with Gasteiger partial charge in [-0.2, -0.15) is 0 Å². The predicted molar refractivity (Wildman–Crippen MR) is 71.6 cm³/mol. The van der Waals surface area contributed by atoms with E-state index in [1.165, 1.54) is 0 Å². The highest BCUT2D eigenvalue weighted by atomic mass is 16.5. The first kappa shape index (κ1) is 17.9. The molecule has 0 aromatic rings. The van der Waals surface area contributed by atoms with Crippen molar-refractivity contribution in [2.75, 3.05) is 26.4 Å². The van der Waals surface area contributed by atoms with Gasteiger partial charge in [0.25, 0.3) is 0 Å². The molecule has 0 atom stereocenters. The van der Waals surface area contributed by atoms with Gasteiger partial charge in [0.15, 0.2) is 0 Å². The molecule has 19 heavy (non-hydrogen) atoms. The van der Waals surface area contributed by atoms with Crippen LogP contribution < -0.4 is 0 Å². The van der Waals surface area contributed by atoms with Gasteiger partial charge < -0.3 is 14.2 Å². The topological polar surface area (TPSA) is 61.8 Å². The van der Waals surface area contributed by atoms with Crippen LogP contribution in [0.3, 0.4) is 0 Å². The zero-order valence-corrected chi connectivity index (χ0v) is 12.4. The lowest BCUT2D eigenvalue weighted by Crippen LogP contribution is -2.14. The van der Waals surface area contributed by atoms with Gasteiger partial charge in [-0.3, -0.25) is 9.59 Å². The average molecular weight is 274 g/mol. The molecule has 0 aliphatic rings. The van der Waals surface area contributed by atoms with Gasteiger partial charge in [0, 0.05) is 0 Å². The van der Waals surface area contributed by atoms with Crippen LogP contribution in [0.1, 0.15) is 40.5 Å². The summed E-state index contributed by atoms with van der Waals surface area (Å²) in [5.74, 6) is 0.133. The molecule has 0 aromatic carbocycles. The SMILES string of the molecule is CC(C)COC(=O)CCOCCC(=O)OCC(C)C. The molecule has 0 fully saturated rings. The van der Waals surface area contributed by atoms with Crippen molar-refractivity contribution in [1.29, 1.82) is 0 Å². The highest BCUT2D eigenvalue weighted by Crippen LogP contribution is 1.98. The number of rotatable bonds is 10. The summed E-state index contributed by atoms with van der Waals surface area (Å²) in [4.78, 5) is 22.5. The molecule has 0 bridgehead atoms. The van der Waals surface area contributed by atoms with Crippen molar-refractivity contribution in [2.45, 2.75) is 40.5 Å². The van der Waals surface area contributed by atoms with Crippen molar-refractivity contribution in [2.24, 2.45) is 11.8 Å².